The van der Waals surface area contributed by atoms with Crippen LogP contribution >= 0.6 is 0 Å². The summed E-state index contributed by atoms with van der Waals surface area (Å²) in [5.74, 6) is 0.176. The Kier molecular flexibility index (Phi) is 6.34. The fourth-order valence-electron chi connectivity index (χ4n) is 4.46. The molecule has 2 atom stereocenters. The summed E-state index contributed by atoms with van der Waals surface area (Å²) in [5, 5.41) is 0. The molecule has 0 saturated carbocycles. The summed E-state index contributed by atoms with van der Waals surface area (Å²) >= 11 is 0. The Labute approximate surface area is 179 Å². The van der Waals surface area contributed by atoms with Crippen LogP contribution in [0.3, 0.4) is 0 Å². The summed E-state index contributed by atoms with van der Waals surface area (Å²) in [4.78, 5) is 9.66. The van der Waals surface area contributed by atoms with Gasteiger partial charge in [-0.1, -0.05) is 74.5 Å². The van der Waals surface area contributed by atoms with Crippen molar-refractivity contribution >= 4 is 0 Å². The van der Waals surface area contributed by atoms with Crippen LogP contribution in [0.25, 0.3) is 0 Å². The fourth-order valence-corrected chi connectivity index (χ4v) is 4.46. The number of hydrogen-bond acceptors (Lipinski definition) is 2. The van der Waals surface area contributed by atoms with Crippen LogP contribution in [0.1, 0.15) is 59.3 Å². The van der Waals surface area contributed by atoms with Gasteiger partial charge >= 0.3 is 0 Å². The second-order valence-electron chi connectivity index (χ2n) is 7.57. The van der Waals surface area contributed by atoms with Crippen LogP contribution in [0.2, 0.25) is 0 Å². The van der Waals surface area contributed by atoms with Gasteiger partial charge in [-0.15, -0.1) is 0 Å². The molecule has 0 aliphatic carbocycles. The molecule has 0 aliphatic heterocycles. The van der Waals surface area contributed by atoms with Gasteiger partial charge in [-0.25, -0.2) is 0 Å². The molecule has 0 fully saturated rings. The minimum atomic E-state index is 0.0879. The smallest absolute Gasteiger partial charge is 0.0488 e. The molecule has 0 N–H and O–H groups in total. The number of hydrogen-bond donors (Lipinski definition) is 0. The van der Waals surface area contributed by atoms with E-state index < -0.39 is 0 Å². The molecule has 2 aromatic heterocycles. The lowest BCUT2D eigenvalue weighted by Gasteiger charge is -2.30. The van der Waals surface area contributed by atoms with Crippen molar-refractivity contribution in [2.24, 2.45) is 0 Å². The maximum Gasteiger partial charge on any atom is 0.0488 e. The van der Waals surface area contributed by atoms with Crippen LogP contribution < -0.4 is 0 Å². The van der Waals surface area contributed by atoms with Gasteiger partial charge in [0, 0.05) is 35.6 Å². The van der Waals surface area contributed by atoms with Crippen LogP contribution in [-0.4, -0.2) is 9.97 Å². The number of pyridine rings is 2. The highest BCUT2D eigenvalue weighted by atomic mass is 14.7. The summed E-state index contributed by atoms with van der Waals surface area (Å²) in [7, 11) is 0. The second-order valence-corrected chi connectivity index (χ2v) is 7.57. The Bertz CT molecular complexity index is 985. The van der Waals surface area contributed by atoms with E-state index in [9.17, 15) is 0 Å². The molecule has 2 nitrogen and oxygen atoms in total. The predicted octanol–water partition coefficient (Wildman–Crippen LogP) is 6.57. The average molecular weight is 393 g/mol. The molecular weight excluding hydrogens is 364 g/mol. The Morgan fingerprint density at radius 3 is 1.30 bits per heavy atom. The minimum absolute atomic E-state index is 0.0879. The second kappa shape index (κ2) is 9.49. The molecule has 2 heteroatoms. The van der Waals surface area contributed by atoms with Gasteiger partial charge in [0.25, 0.3) is 0 Å². The molecule has 0 spiro atoms. The first-order valence-corrected chi connectivity index (χ1v) is 10.8. The lowest BCUT2D eigenvalue weighted by molar-refractivity contribution is 0.646. The van der Waals surface area contributed by atoms with Crippen LogP contribution in [0.5, 0.6) is 0 Å². The number of nitrogens with zero attached hydrogens (tertiary/aromatic N) is 2. The SMILES string of the molecule is CCc1ccccc1[C@@H](c1ccccn1)[C@@H](c1ccccn1)c1ccccc1CC. The van der Waals surface area contributed by atoms with Crippen molar-refractivity contribution in [2.75, 3.05) is 0 Å². The average Bonchev–Trinajstić information content (AvgIpc) is 2.83. The summed E-state index contributed by atoms with van der Waals surface area (Å²) in [6.45, 7) is 4.45. The Hall–Kier alpha value is -3.26. The van der Waals surface area contributed by atoms with E-state index in [-0.39, 0.29) is 11.8 Å². The van der Waals surface area contributed by atoms with Gasteiger partial charge in [-0.05, 0) is 59.4 Å². The summed E-state index contributed by atoms with van der Waals surface area (Å²) in [5.41, 5.74) is 7.56. The highest BCUT2D eigenvalue weighted by Gasteiger charge is 2.32. The number of aromatic nitrogens is 2. The van der Waals surface area contributed by atoms with Crippen molar-refractivity contribution in [2.45, 2.75) is 38.5 Å². The molecule has 2 aromatic carbocycles. The molecule has 4 aromatic rings. The van der Waals surface area contributed by atoms with Gasteiger partial charge in [0.1, 0.15) is 0 Å². The van der Waals surface area contributed by atoms with Gasteiger partial charge in [0.2, 0.25) is 0 Å². The first-order valence-electron chi connectivity index (χ1n) is 10.8. The molecule has 30 heavy (non-hydrogen) atoms. The van der Waals surface area contributed by atoms with Gasteiger partial charge in [-0.3, -0.25) is 9.97 Å². The van der Waals surface area contributed by atoms with Crippen molar-refractivity contribution in [3.05, 3.63) is 131 Å². The van der Waals surface area contributed by atoms with E-state index in [2.05, 4.69) is 86.6 Å². The van der Waals surface area contributed by atoms with E-state index in [4.69, 9.17) is 9.97 Å². The first-order chi connectivity index (χ1) is 14.8. The maximum atomic E-state index is 4.83. The van der Waals surface area contributed by atoms with Crippen LogP contribution in [-0.2, 0) is 12.8 Å². The van der Waals surface area contributed by atoms with Gasteiger partial charge in [0.05, 0.1) is 0 Å². The molecule has 2 heterocycles. The quantitative estimate of drug-likeness (QED) is 0.356. The zero-order chi connectivity index (χ0) is 20.8. The third-order valence-electron chi connectivity index (χ3n) is 5.89. The number of benzene rings is 2. The summed E-state index contributed by atoms with van der Waals surface area (Å²) < 4.78 is 0. The highest BCUT2D eigenvalue weighted by Crippen LogP contribution is 2.43. The fraction of sp³-hybridized carbons (Fsp3) is 0.214. The first kappa shape index (κ1) is 20.0. The Balaban J connectivity index is 2.01. The molecule has 0 saturated heterocycles. The summed E-state index contributed by atoms with van der Waals surface area (Å²) in [6.07, 6.45) is 5.78. The highest BCUT2D eigenvalue weighted by molar-refractivity contribution is 5.46. The van der Waals surface area contributed by atoms with Crippen molar-refractivity contribution in [3.63, 3.8) is 0 Å². The van der Waals surface area contributed by atoms with E-state index in [1.165, 1.54) is 22.3 Å². The van der Waals surface area contributed by atoms with Gasteiger partial charge in [0.15, 0.2) is 0 Å². The lowest BCUT2D eigenvalue weighted by atomic mass is 9.74. The third-order valence-corrected chi connectivity index (χ3v) is 5.89. The number of rotatable bonds is 7. The molecule has 4 rings (SSSR count). The zero-order valence-electron chi connectivity index (χ0n) is 17.7. The van der Waals surface area contributed by atoms with Crippen LogP contribution in [0.15, 0.2) is 97.3 Å². The van der Waals surface area contributed by atoms with Crippen molar-refractivity contribution < 1.29 is 0 Å². The molecule has 0 aliphatic rings. The van der Waals surface area contributed by atoms with E-state index >= 15 is 0 Å². The van der Waals surface area contributed by atoms with Crippen LogP contribution in [0.4, 0.5) is 0 Å². The largest absolute Gasteiger partial charge is 0.261 e. The monoisotopic (exact) mass is 392 g/mol. The van der Waals surface area contributed by atoms with E-state index in [1.807, 2.05) is 24.5 Å². The third kappa shape index (κ3) is 4.04. The molecule has 0 amide bonds. The normalized spacial score (nSPS) is 13.0. The minimum Gasteiger partial charge on any atom is -0.261 e. The topological polar surface area (TPSA) is 25.8 Å². The van der Waals surface area contributed by atoms with Crippen molar-refractivity contribution in [1.29, 1.82) is 0 Å². The molecular formula is C28H28N2. The standard InChI is InChI=1S/C28H28N2/c1-3-21-13-5-7-15-23(21)27(25-17-9-11-19-29-25)28(26-18-10-12-20-30-26)24-16-8-6-14-22(24)4-2/h5-20,27-28H,3-4H2,1-2H3/t27-,28+. The predicted molar refractivity (Wildman–Crippen MR) is 124 cm³/mol. The van der Waals surface area contributed by atoms with E-state index in [0.717, 1.165) is 24.2 Å². The molecule has 0 bridgehead atoms. The van der Waals surface area contributed by atoms with E-state index in [1.54, 1.807) is 0 Å². The van der Waals surface area contributed by atoms with E-state index in [0.29, 0.717) is 0 Å². The van der Waals surface area contributed by atoms with Gasteiger partial charge < -0.3 is 0 Å². The van der Waals surface area contributed by atoms with Gasteiger partial charge in [-0.2, -0.15) is 0 Å². The molecule has 0 radical (unpaired) electrons. The Morgan fingerprint density at radius 2 is 0.933 bits per heavy atom. The van der Waals surface area contributed by atoms with Crippen molar-refractivity contribution in [1.82, 2.24) is 9.97 Å². The maximum absolute atomic E-state index is 4.83. The molecule has 0 unspecified atom stereocenters. The number of aryl methyl sites for hydroxylation is 2. The lowest BCUT2D eigenvalue weighted by Crippen LogP contribution is -2.19. The Morgan fingerprint density at radius 1 is 0.533 bits per heavy atom. The zero-order valence-corrected chi connectivity index (χ0v) is 17.7. The van der Waals surface area contributed by atoms with Crippen LogP contribution in [0, 0.1) is 0 Å². The molecule has 150 valence electrons. The summed E-state index contributed by atoms with van der Waals surface area (Å²) in [6, 6.07) is 30.0. The van der Waals surface area contributed by atoms with Crippen molar-refractivity contribution in [3.8, 4) is 0 Å².